The molecule has 0 unspecified atom stereocenters. The van der Waals surface area contributed by atoms with E-state index in [2.05, 4.69) is 58.6 Å². The fourth-order valence-electron chi connectivity index (χ4n) is 3.98. The van der Waals surface area contributed by atoms with Gasteiger partial charge in [-0.25, -0.2) is 0 Å². The second kappa shape index (κ2) is 8.59. The van der Waals surface area contributed by atoms with Crippen LogP contribution in [0.1, 0.15) is 55.7 Å². The average Bonchev–Trinajstić information content (AvgIpc) is 3.04. The van der Waals surface area contributed by atoms with Crippen LogP contribution in [0.4, 0.5) is 11.7 Å². The highest BCUT2D eigenvalue weighted by Crippen LogP contribution is 2.36. The van der Waals surface area contributed by atoms with Crippen molar-refractivity contribution in [3.8, 4) is 0 Å². The highest BCUT2D eigenvalue weighted by molar-refractivity contribution is 5.61. The van der Waals surface area contributed by atoms with E-state index in [0.717, 1.165) is 31.9 Å². The smallest absolute Gasteiger partial charge is 0.320 e. The van der Waals surface area contributed by atoms with Crippen molar-refractivity contribution >= 4 is 11.7 Å². The molecule has 1 aliphatic carbocycles. The van der Waals surface area contributed by atoms with Gasteiger partial charge in [0.15, 0.2) is 0 Å². The molecule has 0 amide bonds. The zero-order valence-corrected chi connectivity index (χ0v) is 16.3. The minimum absolute atomic E-state index is 0. The third kappa shape index (κ3) is 4.54. The van der Waals surface area contributed by atoms with Crippen LogP contribution in [0.25, 0.3) is 0 Å². The molecule has 0 bridgehead atoms. The molecule has 2 fully saturated rings. The maximum atomic E-state index is 9.46. The molecule has 1 aliphatic heterocycles. The van der Waals surface area contributed by atoms with Crippen LogP contribution in [-0.2, 0) is 6.54 Å². The lowest BCUT2D eigenvalue weighted by atomic mass is 9.82. The quantitative estimate of drug-likeness (QED) is 0.727. The largest absolute Gasteiger partial charge is 0.408 e. The summed E-state index contributed by atoms with van der Waals surface area (Å²) in [6.45, 7) is 10.6. The number of rotatable bonds is 5. The summed E-state index contributed by atoms with van der Waals surface area (Å²) in [4.78, 5) is 2.50. The third-order valence-corrected chi connectivity index (χ3v) is 5.65. The summed E-state index contributed by atoms with van der Waals surface area (Å²) in [7, 11) is 0. The highest BCUT2D eigenvalue weighted by atomic mass is 16.4. The Balaban J connectivity index is 0.00000225. The first-order valence-corrected chi connectivity index (χ1v) is 9.82. The second-order valence-corrected chi connectivity index (χ2v) is 8.08. The van der Waals surface area contributed by atoms with Gasteiger partial charge in [0.1, 0.15) is 0 Å². The Labute approximate surface area is 167 Å². The second-order valence-electron chi connectivity index (χ2n) is 8.08. The SMILES string of the molecule is C.Cc1cc(CN2CCN[C@@H](C)C2)c(C)c(Nc2nnc(C3CC(O)C3)o2)c1. The number of hydrogen-bond acceptors (Lipinski definition) is 7. The molecule has 2 aliphatic rings. The minimum Gasteiger partial charge on any atom is -0.408 e. The Morgan fingerprint density at radius 3 is 2.79 bits per heavy atom. The number of nitrogens with zero attached hydrogens (tertiary/aromatic N) is 3. The molecule has 2 heterocycles. The van der Waals surface area contributed by atoms with Gasteiger partial charge in [-0.2, -0.15) is 0 Å². The standard InChI is InChI=1S/C20H29N5O2.CH4/c1-12-6-16(11-25-5-4-21-13(2)10-25)14(3)18(7-12)22-20-24-23-19(27-20)15-8-17(26)9-15;/h6-7,13,15,17,21,26H,4-5,8-11H2,1-3H3,(H,22,24);1H4/t13-,15?,17?;/m0./s1. The molecule has 4 rings (SSSR count). The average molecular weight is 388 g/mol. The number of aliphatic hydroxyl groups is 1. The topological polar surface area (TPSA) is 86.5 Å². The number of nitrogens with one attached hydrogen (secondary N) is 2. The summed E-state index contributed by atoms with van der Waals surface area (Å²) in [6, 6.07) is 5.34. The van der Waals surface area contributed by atoms with E-state index in [-0.39, 0.29) is 19.4 Å². The Morgan fingerprint density at radius 2 is 2.07 bits per heavy atom. The molecule has 1 saturated heterocycles. The van der Waals surface area contributed by atoms with Gasteiger partial charge in [0.05, 0.1) is 6.10 Å². The third-order valence-electron chi connectivity index (χ3n) is 5.65. The van der Waals surface area contributed by atoms with Crippen LogP contribution in [-0.4, -0.2) is 52.0 Å². The van der Waals surface area contributed by atoms with Gasteiger partial charge in [0.2, 0.25) is 5.89 Å². The number of aryl methyl sites for hydroxylation is 1. The number of aromatic nitrogens is 2. The van der Waals surface area contributed by atoms with E-state index in [1.807, 2.05) is 0 Å². The van der Waals surface area contributed by atoms with Gasteiger partial charge < -0.3 is 20.2 Å². The van der Waals surface area contributed by atoms with Crippen molar-refractivity contribution < 1.29 is 9.52 Å². The lowest BCUT2D eigenvalue weighted by Crippen LogP contribution is -2.48. The molecule has 1 saturated carbocycles. The Morgan fingerprint density at radius 1 is 1.29 bits per heavy atom. The van der Waals surface area contributed by atoms with Gasteiger partial charge in [-0.1, -0.05) is 18.6 Å². The molecule has 1 atom stereocenters. The number of hydrogen-bond donors (Lipinski definition) is 3. The molecule has 1 aromatic carbocycles. The molecular formula is C21H33N5O2. The summed E-state index contributed by atoms with van der Waals surface area (Å²) in [5, 5.41) is 24.5. The Kier molecular flexibility index (Phi) is 6.37. The van der Waals surface area contributed by atoms with Gasteiger partial charge in [-0.15, -0.1) is 5.10 Å². The molecule has 3 N–H and O–H groups in total. The van der Waals surface area contributed by atoms with Crippen LogP contribution in [0.15, 0.2) is 16.5 Å². The maximum Gasteiger partial charge on any atom is 0.320 e. The molecule has 154 valence electrons. The first-order valence-electron chi connectivity index (χ1n) is 9.82. The zero-order valence-electron chi connectivity index (χ0n) is 16.3. The van der Waals surface area contributed by atoms with Crippen LogP contribution in [0.5, 0.6) is 0 Å². The van der Waals surface area contributed by atoms with Gasteiger partial charge in [0.25, 0.3) is 0 Å². The van der Waals surface area contributed by atoms with E-state index in [9.17, 15) is 5.11 Å². The predicted molar refractivity (Wildman–Crippen MR) is 111 cm³/mol. The van der Waals surface area contributed by atoms with Crippen molar-refractivity contribution in [3.63, 3.8) is 0 Å². The maximum absolute atomic E-state index is 9.46. The fraction of sp³-hybridized carbons (Fsp3) is 0.619. The van der Waals surface area contributed by atoms with Crippen LogP contribution >= 0.6 is 0 Å². The molecule has 0 spiro atoms. The first-order chi connectivity index (χ1) is 13.0. The zero-order chi connectivity index (χ0) is 19.0. The van der Waals surface area contributed by atoms with Crippen molar-refractivity contribution in [2.75, 3.05) is 25.0 Å². The van der Waals surface area contributed by atoms with Gasteiger partial charge >= 0.3 is 6.01 Å². The summed E-state index contributed by atoms with van der Waals surface area (Å²) < 4.78 is 5.78. The van der Waals surface area contributed by atoms with Crippen molar-refractivity contribution in [3.05, 3.63) is 34.7 Å². The van der Waals surface area contributed by atoms with Crippen LogP contribution < -0.4 is 10.6 Å². The lowest BCUT2D eigenvalue weighted by Gasteiger charge is -2.32. The molecule has 1 aromatic heterocycles. The highest BCUT2D eigenvalue weighted by Gasteiger charge is 2.33. The van der Waals surface area contributed by atoms with Crippen molar-refractivity contribution in [2.45, 2.75) is 65.6 Å². The van der Waals surface area contributed by atoms with Crippen molar-refractivity contribution in [2.24, 2.45) is 0 Å². The Bertz CT molecular complexity index is 800. The van der Waals surface area contributed by atoms with Crippen LogP contribution in [0.3, 0.4) is 0 Å². The van der Waals surface area contributed by atoms with Gasteiger partial charge in [-0.3, -0.25) is 4.90 Å². The molecule has 28 heavy (non-hydrogen) atoms. The summed E-state index contributed by atoms with van der Waals surface area (Å²) in [5.41, 5.74) is 4.76. The van der Waals surface area contributed by atoms with E-state index >= 15 is 0 Å². The molecule has 2 aromatic rings. The molecular weight excluding hydrogens is 354 g/mol. The van der Waals surface area contributed by atoms with Crippen molar-refractivity contribution in [1.82, 2.24) is 20.4 Å². The Hall–Kier alpha value is -1.96. The monoisotopic (exact) mass is 387 g/mol. The predicted octanol–water partition coefficient (Wildman–Crippen LogP) is 3.10. The van der Waals surface area contributed by atoms with Gasteiger partial charge in [-0.05, 0) is 56.4 Å². The number of piperazine rings is 1. The number of aliphatic hydroxyl groups excluding tert-OH is 1. The fourth-order valence-corrected chi connectivity index (χ4v) is 3.98. The number of benzene rings is 1. The van der Waals surface area contributed by atoms with E-state index in [1.165, 1.54) is 16.7 Å². The summed E-state index contributed by atoms with van der Waals surface area (Å²) >= 11 is 0. The summed E-state index contributed by atoms with van der Waals surface area (Å²) in [6.07, 6.45) is 1.18. The van der Waals surface area contributed by atoms with E-state index < -0.39 is 0 Å². The van der Waals surface area contributed by atoms with E-state index in [0.29, 0.717) is 30.8 Å². The van der Waals surface area contributed by atoms with Crippen LogP contribution in [0, 0.1) is 13.8 Å². The first kappa shape index (κ1) is 20.8. The molecule has 7 nitrogen and oxygen atoms in total. The molecule has 7 heteroatoms. The van der Waals surface area contributed by atoms with Gasteiger partial charge in [0, 0.05) is 43.8 Å². The summed E-state index contributed by atoms with van der Waals surface area (Å²) in [5.74, 6) is 0.801. The lowest BCUT2D eigenvalue weighted by molar-refractivity contribution is 0.0651. The van der Waals surface area contributed by atoms with E-state index in [4.69, 9.17) is 4.42 Å². The van der Waals surface area contributed by atoms with Crippen molar-refractivity contribution in [1.29, 1.82) is 0 Å². The molecule has 0 radical (unpaired) electrons. The van der Waals surface area contributed by atoms with Crippen LogP contribution in [0.2, 0.25) is 0 Å². The minimum atomic E-state index is -0.229. The van der Waals surface area contributed by atoms with E-state index in [1.54, 1.807) is 0 Å². The number of anilines is 2. The normalized spacial score (nSPS) is 25.1.